The molecule has 2 unspecified atom stereocenters. The van der Waals surface area contributed by atoms with Gasteiger partial charge in [-0.05, 0) is 20.8 Å². The van der Waals surface area contributed by atoms with Crippen LogP contribution in [0.5, 0.6) is 0 Å². The van der Waals surface area contributed by atoms with Crippen LogP contribution in [0.4, 0.5) is 4.79 Å². The zero-order valence-corrected chi connectivity index (χ0v) is 13.7. The first kappa shape index (κ1) is 16.1. The van der Waals surface area contributed by atoms with Gasteiger partial charge >= 0.3 is 6.09 Å². The van der Waals surface area contributed by atoms with Crippen molar-refractivity contribution in [2.24, 2.45) is 0 Å². The number of fused-ring (bicyclic) bond motifs is 2. The summed E-state index contributed by atoms with van der Waals surface area (Å²) in [6.07, 6.45) is 5.13. The van der Waals surface area contributed by atoms with Crippen LogP contribution in [0, 0.1) is 0 Å². The fourth-order valence-electron chi connectivity index (χ4n) is 3.36. The van der Waals surface area contributed by atoms with Gasteiger partial charge in [0.1, 0.15) is 11.9 Å². The molecule has 2 bridgehead atoms. The van der Waals surface area contributed by atoms with Crippen molar-refractivity contribution in [3.63, 3.8) is 0 Å². The summed E-state index contributed by atoms with van der Waals surface area (Å²) in [4.78, 5) is 22.2. The number of aromatic nitrogens is 2. The van der Waals surface area contributed by atoms with Gasteiger partial charge in [-0.3, -0.25) is 4.90 Å². The van der Waals surface area contributed by atoms with Gasteiger partial charge < -0.3 is 14.6 Å². The van der Waals surface area contributed by atoms with E-state index in [1.54, 1.807) is 17.3 Å². The Kier molecular flexibility index (Phi) is 4.01. The Balaban J connectivity index is 1.82. The predicted molar refractivity (Wildman–Crippen MR) is 81.6 cm³/mol. The van der Waals surface area contributed by atoms with Crippen LogP contribution >= 0.6 is 0 Å². The molecule has 1 aromatic rings. The summed E-state index contributed by atoms with van der Waals surface area (Å²) < 4.78 is 11.1. The molecule has 1 aromatic heterocycles. The average Bonchev–Trinajstić information content (AvgIpc) is 2.45. The number of morpholine rings is 1. The number of rotatable bonds is 1. The Labute approximate surface area is 135 Å². The normalized spacial score (nSPS) is 30.9. The lowest BCUT2D eigenvalue weighted by atomic mass is 9.78. The third kappa shape index (κ3) is 3.30. The molecule has 0 aliphatic carbocycles. The molecule has 0 aromatic carbocycles. The molecule has 1 N–H and O–H groups in total. The van der Waals surface area contributed by atoms with Crippen molar-refractivity contribution in [1.82, 2.24) is 14.9 Å². The smallest absolute Gasteiger partial charge is 0.410 e. The molecule has 3 heterocycles. The summed E-state index contributed by atoms with van der Waals surface area (Å²) in [5.41, 5.74) is -0.910. The number of nitrogens with zero attached hydrogens (tertiary/aromatic N) is 3. The SMILES string of the molecule is CC(C)(C)OC(=O)N1C2COCC1CC(O)(c1cncnc1)C2. The van der Waals surface area contributed by atoms with Gasteiger partial charge in [0.15, 0.2) is 0 Å². The summed E-state index contributed by atoms with van der Waals surface area (Å²) in [5.74, 6) is 0. The van der Waals surface area contributed by atoms with Gasteiger partial charge in [0.25, 0.3) is 0 Å². The Morgan fingerprint density at radius 2 is 1.87 bits per heavy atom. The zero-order chi connectivity index (χ0) is 16.7. The van der Waals surface area contributed by atoms with Gasteiger partial charge in [-0.1, -0.05) is 0 Å². The molecule has 7 nitrogen and oxygen atoms in total. The predicted octanol–water partition coefficient (Wildman–Crippen LogP) is 1.46. The molecular formula is C16H23N3O4. The minimum atomic E-state index is -1.04. The first-order valence-electron chi connectivity index (χ1n) is 7.85. The van der Waals surface area contributed by atoms with Crippen molar-refractivity contribution < 1.29 is 19.4 Å². The van der Waals surface area contributed by atoms with Crippen LogP contribution in [0.2, 0.25) is 0 Å². The number of ether oxygens (including phenoxy) is 2. The van der Waals surface area contributed by atoms with Gasteiger partial charge in [0.2, 0.25) is 0 Å². The summed E-state index contributed by atoms with van der Waals surface area (Å²) in [6, 6.07) is -0.440. The van der Waals surface area contributed by atoms with E-state index < -0.39 is 11.2 Å². The van der Waals surface area contributed by atoms with Crippen molar-refractivity contribution in [3.8, 4) is 0 Å². The molecule has 7 heteroatoms. The second kappa shape index (κ2) is 5.72. The van der Waals surface area contributed by atoms with E-state index in [0.29, 0.717) is 31.6 Å². The minimum absolute atomic E-state index is 0.220. The van der Waals surface area contributed by atoms with Crippen molar-refractivity contribution in [2.45, 2.75) is 56.9 Å². The standard InChI is InChI=1S/C16H23N3O4/c1-15(2,3)23-14(20)19-12-4-16(21,5-13(19)9-22-8-12)11-6-17-10-18-7-11/h6-7,10,12-13,21H,4-5,8-9H2,1-3H3. The molecule has 1 amide bonds. The Hall–Kier alpha value is -1.73. The van der Waals surface area contributed by atoms with E-state index in [9.17, 15) is 9.90 Å². The first-order chi connectivity index (χ1) is 10.8. The maximum absolute atomic E-state index is 12.5. The maximum atomic E-state index is 12.5. The van der Waals surface area contributed by atoms with Gasteiger partial charge in [0, 0.05) is 30.8 Å². The van der Waals surface area contributed by atoms with Crippen LogP contribution in [0.15, 0.2) is 18.7 Å². The van der Waals surface area contributed by atoms with E-state index in [4.69, 9.17) is 9.47 Å². The molecule has 126 valence electrons. The Bertz CT molecular complexity index is 558. The molecule has 0 saturated carbocycles. The average molecular weight is 321 g/mol. The van der Waals surface area contributed by atoms with Crippen LogP contribution in [0.25, 0.3) is 0 Å². The third-order valence-electron chi connectivity index (χ3n) is 4.26. The van der Waals surface area contributed by atoms with E-state index in [2.05, 4.69) is 9.97 Å². The van der Waals surface area contributed by atoms with E-state index in [0.717, 1.165) is 0 Å². The quantitative estimate of drug-likeness (QED) is 0.843. The molecule has 23 heavy (non-hydrogen) atoms. The van der Waals surface area contributed by atoms with E-state index in [1.807, 2.05) is 20.8 Å². The Morgan fingerprint density at radius 1 is 1.30 bits per heavy atom. The fourth-order valence-corrected chi connectivity index (χ4v) is 3.36. The van der Waals surface area contributed by atoms with Crippen LogP contribution in [0.1, 0.15) is 39.2 Å². The zero-order valence-electron chi connectivity index (χ0n) is 13.7. The van der Waals surface area contributed by atoms with Gasteiger partial charge in [-0.15, -0.1) is 0 Å². The van der Waals surface area contributed by atoms with Crippen molar-refractivity contribution in [1.29, 1.82) is 0 Å². The highest BCUT2D eigenvalue weighted by Crippen LogP contribution is 2.41. The molecule has 2 atom stereocenters. The summed E-state index contributed by atoms with van der Waals surface area (Å²) in [7, 11) is 0. The number of aliphatic hydroxyl groups is 1. The molecule has 3 rings (SSSR count). The third-order valence-corrected chi connectivity index (χ3v) is 4.26. The minimum Gasteiger partial charge on any atom is -0.444 e. The summed E-state index contributed by atoms with van der Waals surface area (Å²) in [5, 5.41) is 11.1. The van der Waals surface area contributed by atoms with E-state index in [1.165, 1.54) is 6.33 Å². The highest BCUT2D eigenvalue weighted by Gasteiger charge is 2.50. The lowest BCUT2D eigenvalue weighted by Crippen LogP contribution is -2.63. The number of carbonyl (C=O) groups is 1. The topological polar surface area (TPSA) is 84.8 Å². The largest absolute Gasteiger partial charge is 0.444 e. The number of hydrogen-bond donors (Lipinski definition) is 1. The Morgan fingerprint density at radius 3 is 2.39 bits per heavy atom. The lowest BCUT2D eigenvalue weighted by molar-refractivity contribution is -0.141. The fraction of sp³-hybridized carbons (Fsp3) is 0.688. The van der Waals surface area contributed by atoms with Crippen molar-refractivity contribution in [2.75, 3.05) is 13.2 Å². The maximum Gasteiger partial charge on any atom is 0.410 e. The monoisotopic (exact) mass is 321 g/mol. The van der Waals surface area contributed by atoms with Crippen molar-refractivity contribution in [3.05, 3.63) is 24.3 Å². The van der Waals surface area contributed by atoms with E-state index in [-0.39, 0.29) is 18.2 Å². The second-order valence-corrected chi connectivity index (χ2v) is 7.30. The molecule has 2 saturated heterocycles. The van der Waals surface area contributed by atoms with Gasteiger partial charge in [-0.25, -0.2) is 14.8 Å². The number of piperidine rings is 1. The van der Waals surface area contributed by atoms with Crippen molar-refractivity contribution >= 4 is 6.09 Å². The molecule has 2 aliphatic rings. The molecule has 0 radical (unpaired) electrons. The van der Waals surface area contributed by atoms with Crippen LogP contribution < -0.4 is 0 Å². The molecule has 0 spiro atoms. The first-order valence-corrected chi connectivity index (χ1v) is 7.85. The molecule has 2 aliphatic heterocycles. The van der Waals surface area contributed by atoms with E-state index >= 15 is 0 Å². The van der Waals surface area contributed by atoms with Gasteiger partial charge in [0.05, 0.1) is 30.9 Å². The van der Waals surface area contributed by atoms with Crippen LogP contribution in [0.3, 0.4) is 0 Å². The summed E-state index contributed by atoms with van der Waals surface area (Å²) >= 11 is 0. The molecule has 2 fully saturated rings. The summed E-state index contributed by atoms with van der Waals surface area (Å²) in [6.45, 7) is 6.33. The molecular weight excluding hydrogens is 298 g/mol. The van der Waals surface area contributed by atoms with Crippen LogP contribution in [-0.2, 0) is 15.1 Å². The second-order valence-electron chi connectivity index (χ2n) is 7.30. The number of amides is 1. The number of hydrogen-bond acceptors (Lipinski definition) is 6. The number of carbonyl (C=O) groups excluding carboxylic acids is 1. The lowest BCUT2D eigenvalue weighted by Gasteiger charge is -2.51. The highest BCUT2D eigenvalue weighted by atomic mass is 16.6. The highest BCUT2D eigenvalue weighted by molar-refractivity contribution is 5.69. The van der Waals surface area contributed by atoms with Crippen LogP contribution in [-0.4, -0.2) is 57.0 Å². The van der Waals surface area contributed by atoms with Gasteiger partial charge in [-0.2, -0.15) is 0 Å².